The van der Waals surface area contributed by atoms with Gasteiger partial charge >= 0.3 is 0 Å². The highest BCUT2D eigenvalue weighted by Crippen LogP contribution is 2.50. The van der Waals surface area contributed by atoms with E-state index in [9.17, 15) is 13.6 Å². The number of rotatable bonds is 3. The van der Waals surface area contributed by atoms with Gasteiger partial charge in [0.1, 0.15) is 0 Å². The van der Waals surface area contributed by atoms with Gasteiger partial charge in [-0.15, -0.1) is 0 Å². The molecule has 1 aliphatic heterocycles. The lowest BCUT2D eigenvalue weighted by atomic mass is 10.0. The van der Waals surface area contributed by atoms with Crippen molar-refractivity contribution in [2.75, 3.05) is 13.1 Å². The van der Waals surface area contributed by atoms with Gasteiger partial charge in [-0.2, -0.15) is 5.10 Å². The number of aryl methyl sites for hydroxylation is 1. The zero-order chi connectivity index (χ0) is 17.6. The van der Waals surface area contributed by atoms with Crippen molar-refractivity contribution in [3.05, 3.63) is 41.6 Å². The Bertz CT molecular complexity index is 801. The van der Waals surface area contributed by atoms with E-state index in [-0.39, 0.29) is 18.7 Å². The van der Waals surface area contributed by atoms with E-state index in [1.807, 2.05) is 42.1 Å². The molecule has 1 aromatic carbocycles. The van der Waals surface area contributed by atoms with E-state index in [1.165, 1.54) is 5.56 Å². The van der Waals surface area contributed by atoms with Crippen LogP contribution in [0.3, 0.4) is 0 Å². The zero-order valence-corrected chi connectivity index (χ0v) is 14.2. The Morgan fingerprint density at radius 2 is 1.92 bits per heavy atom. The number of hydrogen-bond donors (Lipinski definition) is 0. The highest BCUT2D eigenvalue weighted by Gasteiger charge is 2.57. The summed E-state index contributed by atoms with van der Waals surface area (Å²) in [5, 5.41) is 4.67. The molecule has 0 spiro atoms. The summed E-state index contributed by atoms with van der Waals surface area (Å²) in [6.45, 7) is 1.13. The van der Waals surface area contributed by atoms with Crippen LogP contribution in [0, 0.1) is 5.92 Å². The van der Waals surface area contributed by atoms with E-state index in [0.29, 0.717) is 25.9 Å². The second-order valence-corrected chi connectivity index (χ2v) is 7.01. The fourth-order valence-corrected chi connectivity index (χ4v) is 3.69. The highest BCUT2D eigenvalue weighted by atomic mass is 19.3. The van der Waals surface area contributed by atoms with Crippen LogP contribution in [0.4, 0.5) is 8.78 Å². The first-order chi connectivity index (χ1) is 12.0. The predicted octanol–water partition coefficient (Wildman–Crippen LogP) is 3.06. The number of aromatic nitrogens is 2. The van der Waals surface area contributed by atoms with E-state index >= 15 is 0 Å². The largest absolute Gasteiger partial charge is 0.342 e. The van der Waals surface area contributed by atoms with Crippen LogP contribution in [0.1, 0.15) is 24.1 Å². The fraction of sp³-hybridized carbons (Fsp3) is 0.474. The molecular formula is C19H21F2N3O. The number of nitrogens with zero attached hydrogens (tertiary/aromatic N) is 3. The Hall–Kier alpha value is -2.24. The Labute approximate surface area is 145 Å². The van der Waals surface area contributed by atoms with Crippen molar-refractivity contribution in [2.45, 2.75) is 31.6 Å². The summed E-state index contributed by atoms with van der Waals surface area (Å²) in [7, 11) is 1.92. The van der Waals surface area contributed by atoms with Crippen LogP contribution >= 0.6 is 0 Å². The van der Waals surface area contributed by atoms with Gasteiger partial charge in [0.2, 0.25) is 5.91 Å². The van der Waals surface area contributed by atoms with Gasteiger partial charge in [-0.25, -0.2) is 8.78 Å². The van der Waals surface area contributed by atoms with Crippen LogP contribution in [0.25, 0.3) is 11.3 Å². The Morgan fingerprint density at radius 3 is 2.60 bits per heavy atom. The maximum absolute atomic E-state index is 13.1. The average Bonchev–Trinajstić information content (AvgIpc) is 3.16. The third-order valence-electron chi connectivity index (χ3n) is 5.30. The van der Waals surface area contributed by atoms with Gasteiger partial charge in [-0.05, 0) is 6.42 Å². The summed E-state index contributed by atoms with van der Waals surface area (Å²) < 4.78 is 28.1. The number of carbonyl (C=O) groups excluding carboxylic acids is 1. The summed E-state index contributed by atoms with van der Waals surface area (Å²) in [6, 6.07) is 10.0. The van der Waals surface area contributed by atoms with Crippen molar-refractivity contribution in [1.82, 2.24) is 14.7 Å². The lowest BCUT2D eigenvalue weighted by molar-refractivity contribution is -0.132. The van der Waals surface area contributed by atoms with Gasteiger partial charge in [0.15, 0.2) is 0 Å². The molecule has 2 aliphatic rings. The van der Waals surface area contributed by atoms with Crippen LogP contribution in [0.2, 0.25) is 0 Å². The fourth-order valence-electron chi connectivity index (χ4n) is 3.69. The third-order valence-corrected chi connectivity index (χ3v) is 5.30. The lowest BCUT2D eigenvalue weighted by Crippen LogP contribution is -2.34. The topological polar surface area (TPSA) is 38.1 Å². The van der Waals surface area contributed by atoms with Gasteiger partial charge in [0, 0.05) is 62.1 Å². The molecule has 0 N–H and O–H groups in total. The molecule has 1 saturated carbocycles. The average molecular weight is 345 g/mol. The van der Waals surface area contributed by atoms with Gasteiger partial charge in [-0.1, -0.05) is 30.3 Å². The minimum absolute atomic E-state index is 0.0346. The molecule has 1 atom stereocenters. The normalized spacial score (nSPS) is 21.6. The first-order valence-corrected chi connectivity index (χ1v) is 8.71. The maximum Gasteiger partial charge on any atom is 0.252 e. The Morgan fingerprint density at radius 1 is 1.24 bits per heavy atom. The second-order valence-electron chi connectivity index (χ2n) is 7.01. The highest BCUT2D eigenvalue weighted by molar-refractivity contribution is 5.77. The van der Waals surface area contributed by atoms with Crippen molar-refractivity contribution in [3.63, 3.8) is 0 Å². The van der Waals surface area contributed by atoms with E-state index < -0.39 is 11.8 Å². The molecule has 2 aromatic rings. The number of amides is 1. The van der Waals surface area contributed by atoms with Gasteiger partial charge in [-0.3, -0.25) is 9.48 Å². The molecule has 1 aromatic heterocycles. The van der Waals surface area contributed by atoms with E-state index in [2.05, 4.69) is 5.10 Å². The van der Waals surface area contributed by atoms with E-state index in [1.54, 1.807) is 4.90 Å². The number of alkyl halides is 2. The van der Waals surface area contributed by atoms with E-state index in [0.717, 1.165) is 17.0 Å². The number of halogens is 2. The third kappa shape index (κ3) is 3.05. The van der Waals surface area contributed by atoms with Crippen molar-refractivity contribution in [3.8, 4) is 11.3 Å². The van der Waals surface area contributed by atoms with Crippen LogP contribution < -0.4 is 0 Å². The molecule has 1 unspecified atom stereocenters. The van der Waals surface area contributed by atoms with Crippen LogP contribution in [0.5, 0.6) is 0 Å². The van der Waals surface area contributed by atoms with Crippen LogP contribution in [-0.4, -0.2) is 39.6 Å². The van der Waals surface area contributed by atoms with Crippen molar-refractivity contribution < 1.29 is 13.6 Å². The SMILES string of the molecule is Cn1nc(-c2ccccc2)c2c1CCN(C(=O)CC1CC1(F)F)CC2. The molecule has 0 bridgehead atoms. The molecule has 132 valence electrons. The van der Waals surface area contributed by atoms with Crippen molar-refractivity contribution in [1.29, 1.82) is 0 Å². The maximum atomic E-state index is 13.1. The minimum atomic E-state index is -2.63. The van der Waals surface area contributed by atoms with Crippen molar-refractivity contribution >= 4 is 5.91 Å². The molecule has 2 heterocycles. The standard InChI is InChI=1S/C19H21F2N3O/c1-23-16-8-10-24(17(25)11-14-12-19(14,20)21)9-7-15(16)18(22-23)13-5-3-2-4-6-13/h2-6,14H,7-12H2,1H3. The summed E-state index contributed by atoms with van der Waals surface area (Å²) in [5.74, 6) is -3.54. The monoisotopic (exact) mass is 345 g/mol. The number of benzene rings is 1. The summed E-state index contributed by atoms with van der Waals surface area (Å²) in [6.07, 6.45) is 1.24. The first kappa shape index (κ1) is 16.2. The van der Waals surface area contributed by atoms with Crippen molar-refractivity contribution in [2.24, 2.45) is 13.0 Å². The molecule has 0 saturated heterocycles. The minimum Gasteiger partial charge on any atom is -0.342 e. The van der Waals surface area contributed by atoms with E-state index in [4.69, 9.17) is 0 Å². The van der Waals surface area contributed by atoms with Gasteiger partial charge in [0.25, 0.3) is 5.92 Å². The number of carbonyl (C=O) groups is 1. The lowest BCUT2D eigenvalue weighted by Gasteiger charge is -2.20. The molecule has 1 aliphatic carbocycles. The summed E-state index contributed by atoms with van der Waals surface area (Å²) in [5.41, 5.74) is 4.32. The number of fused-ring (bicyclic) bond motifs is 1. The zero-order valence-electron chi connectivity index (χ0n) is 14.2. The Balaban J connectivity index is 1.51. The number of hydrogen-bond acceptors (Lipinski definition) is 2. The molecule has 4 nitrogen and oxygen atoms in total. The smallest absolute Gasteiger partial charge is 0.252 e. The Kier molecular flexibility index (Phi) is 3.85. The van der Waals surface area contributed by atoms with Gasteiger partial charge < -0.3 is 4.90 Å². The van der Waals surface area contributed by atoms with Crippen LogP contribution in [-0.2, 0) is 24.7 Å². The molecule has 1 fully saturated rings. The summed E-state index contributed by atoms with van der Waals surface area (Å²) >= 11 is 0. The quantitative estimate of drug-likeness (QED) is 0.857. The first-order valence-electron chi connectivity index (χ1n) is 8.71. The molecule has 25 heavy (non-hydrogen) atoms. The second kappa shape index (κ2) is 5.93. The molecule has 1 amide bonds. The summed E-state index contributed by atoms with van der Waals surface area (Å²) in [4.78, 5) is 14.1. The molecule has 6 heteroatoms. The molecule has 0 radical (unpaired) electrons. The predicted molar refractivity (Wildman–Crippen MR) is 90.3 cm³/mol. The van der Waals surface area contributed by atoms with Crippen LogP contribution in [0.15, 0.2) is 30.3 Å². The molecule has 4 rings (SSSR count). The molecular weight excluding hydrogens is 324 g/mol. The van der Waals surface area contributed by atoms with Gasteiger partial charge in [0.05, 0.1) is 5.69 Å².